The Morgan fingerprint density at radius 3 is 2.60 bits per heavy atom. The summed E-state index contributed by atoms with van der Waals surface area (Å²) in [6, 6.07) is 7.89. The van der Waals surface area contributed by atoms with Crippen molar-refractivity contribution in [2.75, 3.05) is 31.1 Å². The number of carbonyl (C=O) groups excluding carboxylic acids is 1. The first kappa shape index (κ1) is 16.5. The molecule has 1 saturated heterocycles. The maximum atomic E-state index is 13.1. The number of rotatable bonds is 2. The van der Waals surface area contributed by atoms with E-state index < -0.39 is 0 Å². The molecule has 3 heterocycles. The Balaban J connectivity index is 1.49. The second-order valence-corrected chi connectivity index (χ2v) is 7.21. The SMILES string of the molecule is Cc1nc2n(c1C(=O)N1CCN(c3ccccc3Cl)CC1)CCCC2. The molecule has 0 unspecified atom stereocenters. The lowest BCUT2D eigenvalue weighted by Gasteiger charge is -2.36. The highest BCUT2D eigenvalue weighted by Crippen LogP contribution is 2.27. The van der Waals surface area contributed by atoms with Crippen molar-refractivity contribution < 1.29 is 4.79 Å². The summed E-state index contributed by atoms with van der Waals surface area (Å²) < 4.78 is 2.14. The van der Waals surface area contributed by atoms with Crippen molar-refractivity contribution in [1.82, 2.24) is 14.5 Å². The Morgan fingerprint density at radius 2 is 1.84 bits per heavy atom. The normalized spacial score (nSPS) is 17.5. The largest absolute Gasteiger partial charge is 0.367 e. The average molecular weight is 359 g/mol. The highest BCUT2D eigenvalue weighted by Gasteiger charge is 2.29. The minimum atomic E-state index is 0.122. The van der Waals surface area contributed by atoms with Gasteiger partial charge in [-0.25, -0.2) is 4.98 Å². The van der Waals surface area contributed by atoms with E-state index >= 15 is 0 Å². The lowest BCUT2D eigenvalue weighted by Crippen LogP contribution is -2.49. The molecule has 5 nitrogen and oxygen atoms in total. The molecule has 2 aliphatic rings. The van der Waals surface area contributed by atoms with Crippen LogP contribution in [0.4, 0.5) is 5.69 Å². The van der Waals surface area contributed by atoms with Crippen LogP contribution in [0.1, 0.15) is 34.8 Å². The van der Waals surface area contributed by atoms with E-state index in [9.17, 15) is 4.79 Å². The molecule has 0 atom stereocenters. The number of carbonyl (C=O) groups is 1. The number of aromatic nitrogens is 2. The van der Waals surface area contributed by atoms with Crippen LogP contribution in [0.25, 0.3) is 0 Å². The van der Waals surface area contributed by atoms with Gasteiger partial charge >= 0.3 is 0 Å². The molecule has 1 amide bonds. The van der Waals surface area contributed by atoms with Gasteiger partial charge in [-0.2, -0.15) is 0 Å². The van der Waals surface area contributed by atoms with E-state index in [2.05, 4.69) is 14.5 Å². The highest BCUT2D eigenvalue weighted by molar-refractivity contribution is 6.33. The number of aryl methyl sites for hydroxylation is 2. The van der Waals surface area contributed by atoms with Crippen molar-refractivity contribution in [1.29, 1.82) is 0 Å². The van der Waals surface area contributed by atoms with E-state index in [-0.39, 0.29) is 5.91 Å². The van der Waals surface area contributed by atoms with Gasteiger partial charge in [0.15, 0.2) is 0 Å². The van der Waals surface area contributed by atoms with Gasteiger partial charge < -0.3 is 14.4 Å². The van der Waals surface area contributed by atoms with Crippen molar-refractivity contribution in [3.05, 3.63) is 46.5 Å². The van der Waals surface area contributed by atoms with E-state index in [4.69, 9.17) is 11.6 Å². The number of amides is 1. The van der Waals surface area contributed by atoms with Crippen LogP contribution >= 0.6 is 11.6 Å². The van der Waals surface area contributed by atoms with Crippen molar-refractivity contribution in [3.8, 4) is 0 Å². The van der Waals surface area contributed by atoms with Crippen LogP contribution in [-0.4, -0.2) is 46.5 Å². The third kappa shape index (κ3) is 3.01. The minimum absolute atomic E-state index is 0.122. The van der Waals surface area contributed by atoms with Crippen LogP contribution in [0.2, 0.25) is 5.02 Å². The van der Waals surface area contributed by atoms with Gasteiger partial charge in [-0.15, -0.1) is 0 Å². The Labute approximate surface area is 153 Å². The predicted molar refractivity (Wildman–Crippen MR) is 99.5 cm³/mol. The fourth-order valence-electron chi connectivity index (χ4n) is 3.89. The summed E-state index contributed by atoms with van der Waals surface area (Å²) in [6.45, 7) is 5.90. The molecular weight excluding hydrogens is 336 g/mol. The number of halogens is 1. The maximum Gasteiger partial charge on any atom is 0.272 e. The maximum absolute atomic E-state index is 13.1. The average Bonchev–Trinajstić information content (AvgIpc) is 2.97. The third-order valence-electron chi connectivity index (χ3n) is 5.22. The molecule has 0 spiro atoms. The quantitative estimate of drug-likeness (QED) is 0.828. The van der Waals surface area contributed by atoms with Gasteiger partial charge in [-0.05, 0) is 31.9 Å². The van der Waals surface area contributed by atoms with E-state index in [1.165, 1.54) is 6.42 Å². The smallest absolute Gasteiger partial charge is 0.272 e. The molecular formula is C19H23ClN4O. The fourth-order valence-corrected chi connectivity index (χ4v) is 4.15. The molecule has 1 fully saturated rings. The lowest BCUT2D eigenvalue weighted by atomic mass is 10.1. The molecule has 4 rings (SSSR count). The van der Waals surface area contributed by atoms with Gasteiger partial charge in [0, 0.05) is 39.1 Å². The molecule has 0 radical (unpaired) electrons. The first-order valence-electron chi connectivity index (χ1n) is 9.00. The van der Waals surface area contributed by atoms with Crippen LogP contribution < -0.4 is 4.90 Å². The summed E-state index contributed by atoms with van der Waals surface area (Å²) in [5, 5.41) is 0.767. The molecule has 1 aromatic heterocycles. The summed E-state index contributed by atoms with van der Waals surface area (Å²) in [7, 11) is 0. The number of hydrogen-bond acceptors (Lipinski definition) is 3. The molecule has 0 bridgehead atoms. The predicted octanol–water partition coefficient (Wildman–Crippen LogP) is 3.14. The number of benzene rings is 1. The van der Waals surface area contributed by atoms with Crippen LogP contribution in [-0.2, 0) is 13.0 Å². The molecule has 1 aromatic carbocycles. The molecule has 132 valence electrons. The van der Waals surface area contributed by atoms with Gasteiger partial charge in [0.05, 0.1) is 16.4 Å². The first-order chi connectivity index (χ1) is 12.1. The Bertz CT molecular complexity index is 793. The zero-order valence-electron chi connectivity index (χ0n) is 14.5. The number of hydrogen-bond donors (Lipinski definition) is 0. The monoisotopic (exact) mass is 358 g/mol. The molecule has 2 aromatic rings. The molecule has 0 N–H and O–H groups in total. The topological polar surface area (TPSA) is 41.4 Å². The van der Waals surface area contributed by atoms with E-state index in [1.54, 1.807) is 0 Å². The molecule has 25 heavy (non-hydrogen) atoms. The molecule has 6 heteroatoms. The summed E-state index contributed by atoms with van der Waals surface area (Å²) in [5.74, 6) is 1.19. The van der Waals surface area contributed by atoms with E-state index in [0.717, 1.165) is 60.4 Å². The van der Waals surface area contributed by atoms with Gasteiger partial charge in [-0.3, -0.25) is 4.79 Å². The number of anilines is 1. The second-order valence-electron chi connectivity index (χ2n) is 6.80. The molecule has 2 aliphatic heterocycles. The summed E-state index contributed by atoms with van der Waals surface area (Å²) >= 11 is 6.30. The zero-order chi connectivity index (χ0) is 17.4. The number of para-hydroxylation sites is 1. The standard InChI is InChI=1S/C19H23ClN4O/c1-14-18(24-9-5-4-8-17(24)21-14)19(25)23-12-10-22(11-13-23)16-7-3-2-6-15(16)20/h2-3,6-7H,4-5,8-13H2,1H3. The minimum Gasteiger partial charge on any atom is -0.367 e. The van der Waals surface area contributed by atoms with Crippen molar-refractivity contribution in [2.24, 2.45) is 0 Å². The second kappa shape index (κ2) is 6.71. The number of fused-ring (bicyclic) bond motifs is 1. The molecule has 0 aliphatic carbocycles. The van der Waals surface area contributed by atoms with Gasteiger partial charge in [0.2, 0.25) is 0 Å². The highest BCUT2D eigenvalue weighted by atomic mass is 35.5. The third-order valence-corrected chi connectivity index (χ3v) is 5.54. The summed E-state index contributed by atoms with van der Waals surface area (Å²) in [6.07, 6.45) is 3.28. The lowest BCUT2D eigenvalue weighted by molar-refractivity contribution is 0.0734. The zero-order valence-corrected chi connectivity index (χ0v) is 15.3. The Kier molecular flexibility index (Phi) is 4.42. The van der Waals surface area contributed by atoms with Crippen molar-refractivity contribution in [2.45, 2.75) is 32.7 Å². The fraction of sp³-hybridized carbons (Fsp3) is 0.474. The van der Waals surface area contributed by atoms with Crippen LogP contribution in [0.5, 0.6) is 0 Å². The van der Waals surface area contributed by atoms with E-state index in [0.29, 0.717) is 13.1 Å². The van der Waals surface area contributed by atoms with Crippen LogP contribution in [0.3, 0.4) is 0 Å². The van der Waals surface area contributed by atoms with Crippen molar-refractivity contribution >= 4 is 23.2 Å². The Hall–Kier alpha value is -2.01. The van der Waals surface area contributed by atoms with Crippen LogP contribution in [0.15, 0.2) is 24.3 Å². The van der Waals surface area contributed by atoms with Gasteiger partial charge in [-0.1, -0.05) is 23.7 Å². The summed E-state index contributed by atoms with van der Waals surface area (Å²) in [4.78, 5) is 21.9. The molecule has 0 saturated carbocycles. The van der Waals surface area contributed by atoms with Crippen molar-refractivity contribution in [3.63, 3.8) is 0 Å². The van der Waals surface area contributed by atoms with Crippen LogP contribution in [0, 0.1) is 6.92 Å². The first-order valence-corrected chi connectivity index (χ1v) is 9.37. The number of piperazine rings is 1. The Morgan fingerprint density at radius 1 is 1.08 bits per heavy atom. The summed E-state index contributed by atoms with van der Waals surface area (Å²) in [5.41, 5.74) is 2.71. The number of imidazole rings is 1. The number of nitrogens with zero attached hydrogens (tertiary/aromatic N) is 4. The van der Waals surface area contributed by atoms with Gasteiger partial charge in [0.1, 0.15) is 11.5 Å². The van der Waals surface area contributed by atoms with E-state index in [1.807, 2.05) is 36.1 Å². The van der Waals surface area contributed by atoms with Gasteiger partial charge in [0.25, 0.3) is 5.91 Å².